The molecule has 0 aromatic heterocycles. The molecule has 0 aliphatic carbocycles. The van der Waals surface area contributed by atoms with Gasteiger partial charge >= 0.3 is 0 Å². The fourth-order valence-electron chi connectivity index (χ4n) is 6.66. The molecule has 0 unspecified atom stereocenters. The van der Waals surface area contributed by atoms with Crippen LogP contribution in [-0.2, 0) is 23.0 Å². The van der Waals surface area contributed by atoms with Gasteiger partial charge < -0.3 is 0 Å². The smallest absolute Gasteiger partial charge is 0.282 e. The van der Waals surface area contributed by atoms with Crippen molar-refractivity contribution in [3.8, 4) is 0 Å². The minimum atomic E-state index is -4.19. The second kappa shape index (κ2) is 24.8. The van der Waals surface area contributed by atoms with Crippen LogP contribution in [0.3, 0.4) is 0 Å². The molecule has 0 heterocycles. The van der Waals surface area contributed by atoms with Gasteiger partial charge in [-0.15, -0.1) is 0 Å². The van der Waals surface area contributed by atoms with E-state index in [-0.39, 0.29) is 4.90 Å². The maximum absolute atomic E-state index is 11.7. The van der Waals surface area contributed by atoms with Crippen molar-refractivity contribution < 1.29 is 13.0 Å². The molecule has 0 aliphatic rings. The first-order valence-corrected chi connectivity index (χ1v) is 20.4. The Bertz CT molecular complexity index is 1090. The van der Waals surface area contributed by atoms with Crippen LogP contribution < -0.4 is 0 Å². The van der Waals surface area contributed by atoms with Crippen molar-refractivity contribution in [1.82, 2.24) is 0 Å². The van der Waals surface area contributed by atoms with Crippen LogP contribution in [0, 0.1) is 0 Å². The van der Waals surface area contributed by atoms with Crippen molar-refractivity contribution in [1.29, 1.82) is 0 Å². The van der Waals surface area contributed by atoms with Gasteiger partial charge in [0.25, 0.3) is 10.1 Å². The van der Waals surface area contributed by atoms with E-state index in [1.54, 1.807) is 6.07 Å². The summed E-state index contributed by atoms with van der Waals surface area (Å²) in [5.41, 5.74) is 2.80. The summed E-state index contributed by atoms with van der Waals surface area (Å²) in [5.74, 6) is 0. The third-order valence-corrected chi connectivity index (χ3v) is 10.4. The molecule has 0 saturated carbocycles. The van der Waals surface area contributed by atoms with E-state index >= 15 is 0 Å². The number of hydrogen-bond acceptors (Lipinski definition) is 2. The van der Waals surface area contributed by atoms with Crippen molar-refractivity contribution in [2.45, 2.75) is 199 Å². The summed E-state index contributed by atoms with van der Waals surface area (Å²) in [7, 11) is -4.19. The van der Waals surface area contributed by atoms with Crippen molar-refractivity contribution in [2.75, 3.05) is 0 Å². The lowest BCUT2D eigenvalue weighted by Gasteiger charge is -2.13. The van der Waals surface area contributed by atoms with Gasteiger partial charge in [0, 0.05) is 0 Å². The first-order chi connectivity index (χ1) is 21.5. The van der Waals surface area contributed by atoms with Crippen LogP contribution in [0.1, 0.15) is 192 Å². The number of fused-ring (bicyclic) bond motifs is 1. The van der Waals surface area contributed by atoms with Gasteiger partial charge in [0.2, 0.25) is 0 Å². The molecule has 0 radical (unpaired) electrons. The van der Waals surface area contributed by atoms with Gasteiger partial charge in [0.1, 0.15) is 0 Å². The van der Waals surface area contributed by atoms with Crippen LogP contribution in [0.4, 0.5) is 0 Å². The topological polar surface area (TPSA) is 54.4 Å². The van der Waals surface area contributed by atoms with Crippen LogP contribution in [0.25, 0.3) is 10.8 Å². The van der Waals surface area contributed by atoms with E-state index in [2.05, 4.69) is 26.0 Å². The maximum Gasteiger partial charge on any atom is 0.294 e. The molecule has 252 valence electrons. The highest BCUT2D eigenvalue weighted by molar-refractivity contribution is 7.85. The molecule has 2 aromatic rings. The molecule has 0 aliphatic heterocycles. The zero-order chi connectivity index (χ0) is 31.7. The SMILES string of the molecule is CCCCCCCCCCCCCCCc1cc2ccc(S(=O)(=O)O)cc2cc1CCCCCCCCCCCCCCC. The lowest BCUT2D eigenvalue weighted by molar-refractivity contribution is 0.483. The van der Waals surface area contributed by atoms with E-state index in [0.717, 1.165) is 23.6 Å². The number of rotatable bonds is 29. The number of hydrogen-bond donors (Lipinski definition) is 1. The third-order valence-electron chi connectivity index (χ3n) is 9.53. The van der Waals surface area contributed by atoms with E-state index in [4.69, 9.17) is 0 Å². The normalized spacial score (nSPS) is 12.0. The molecule has 2 rings (SSSR count). The molecule has 0 spiro atoms. The Morgan fingerprint density at radius 2 is 0.750 bits per heavy atom. The number of unbranched alkanes of at least 4 members (excludes halogenated alkanes) is 24. The molecule has 4 heteroatoms. The Hall–Kier alpha value is -1.39. The molecule has 1 N–H and O–H groups in total. The predicted octanol–water partition coefficient (Wildman–Crippen LogP) is 13.4. The third kappa shape index (κ3) is 17.9. The summed E-state index contributed by atoms with van der Waals surface area (Å²) in [6.07, 6.45) is 37.6. The molecule has 2 aromatic carbocycles. The largest absolute Gasteiger partial charge is 0.294 e. The molecule has 0 fully saturated rings. The van der Waals surface area contributed by atoms with Crippen LogP contribution >= 0.6 is 0 Å². The van der Waals surface area contributed by atoms with Gasteiger partial charge in [-0.3, -0.25) is 4.55 Å². The summed E-state index contributed by atoms with van der Waals surface area (Å²) < 4.78 is 33.1. The van der Waals surface area contributed by atoms with Gasteiger partial charge in [0.15, 0.2) is 0 Å². The van der Waals surface area contributed by atoms with Crippen LogP contribution in [0.15, 0.2) is 35.2 Å². The Kier molecular flexibility index (Phi) is 21.9. The minimum Gasteiger partial charge on any atom is -0.282 e. The average Bonchev–Trinajstić information content (AvgIpc) is 3.01. The van der Waals surface area contributed by atoms with Crippen LogP contribution in [0.5, 0.6) is 0 Å². The molecule has 0 amide bonds. The second-order valence-electron chi connectivity index (χ2n) is 13.6. The zero-order valence-electron chi connectivity index (χ0n) is 28.9. The first kappa shape index (κ1) is 38.8. The van der Waals surface area contributed by atoms with Crippen LogP contribution in [-0.4, -0.2) is 13.0 Å². The van der Waals surface area contributed by atoms with Crippen LogP contribution in [0.2, 0.25) is 0 Å². The molecule has 0 saturated heterocycles. The Labute approximate surface area is 273 Å². The fourth-order valence-corrected chi connectivity index (χ4v) is 7.18. The fraction of sp³-hybridized carbons (Fsp3) is 0.750. The Morgan fingerprint density at radius 3 is 1.09 bits per heavy atom. The second-order valence-corrected chi connectivity index (χ2v) is 15.0. The molecule has 44 heavy (non-hydrogen) atoms. The number of benzene rings is 2. The molecular weight excluding hydrogens is 561 g/mol. The average molecular weight is 629 g/mol. The molecule has 0 atom stereocenters. The predicted molar refractivity (Wildman–Crippen MR) is 193 cm³/mol. The van der Waals surface area contributed by atoms with Crippen molar-refractivity contribution in [2.24, 2.45) is 0 Å². The summed E-state index contributed by atoms with van der Waals surface area (Å²) in [6, 6.07) is 9.48. The first-order valence-electron chi connectivity index (χ1n) is 19.0. The molecular formula is C40H68O3S. The van der Waals surface area contributed by atoms with E-state index in [1.165, 1.54) is 184 Å². The molecule has 0 bridgehead atoms. The summed E-state index contributed by atoms with van der Waals surface area (Å²) >= 11 is 0. The van der Waals surface area contributed by atoms with Gasteiger partial charge in [-0.1, -0.05) is 186 Å². The summed E-state index contributed by atoms with van der Waals surface area (Å²) in [4.78, 5) is -0.0128. The van der Waals surface area contributed by atoms with Gasteiger partial charge in [-0.2, -0.15) is 8.42 Å². The Morgan fingerprint density at radius 1 is 0.432 bits per heavy atom. The van der Waals surface area contributed by atoms with Gasteiger partial charge in [0.05, 0.1) is 4.90 Å². The monoisotopic (exact) mass is 628 g/mol. The van der Waals surface area contributed by atoms with Gasteiger partial charge in [-0.05, 0) is 59.7 Å². The summed E-state index contributed by atoms with van der Waals surface area (Å²) in [5, 5.41) is 1.98. The Balaban J connectivity index is 1.73. The van der Waals surface area contributed by atoms with Crippen molar-refractivity contribution in [3.63, 3.8) is 0 Å². The standard InChI is InChI=1S/C40H68O3S/c1-3-5-7-9-11-13-15-17-19-21-23-25-27-29-36-33-38-31-32-40(44(41,42)43)35-39(38)34-37(36)30-28-26-24-22-20-18-16-14-12-10-8-6-4-2/h31-35H,3-30H2,1-2H3,(H,41,42,43). The highest BCUT2D eigenvalue weighted by Gasteiger charge is 2.12. The minimum absolute atomic E-state index is 0.0128. The zero-order valence-corrected chi connectivity index (χ0v) is 29.7. The van der Waals surface area contributed by atoms with E-state index in [1.807, 2.05) is 6.07 Å². The highest BCUT2D eigenvalue weighted by atomic mass is 32.2. The van der Waals surface area contributed by atoms with E-state index in [0.29, 0.717) is 0 Å². The number of aryl methyl sites for hydroxylation is 2. The van der Waals surface area contributed by atoms with Crippen molar-refractivity contribution >= 4 is 20.9 Å². The lowest BCUT2D eigenvalue weighted by Crippen LogP contribution is -1.99. The highest BCUT2D eigenvalue weighted by Crippen LogP contribution is 2.27. The summed E-state index contributed by atoms with van der Waals surface area (Å²) in [6.45, 7) is 4.57. The van der Waals surface area contributed by atoms with E-state index in [9.17, 15) is 13.0 Å². The van der Waals surface area contributed by atoms with E-state index < -0.39 is 10.1 Å². The van der Waals surface area contributed by atoms with Gasteiger partial charge in [-0.25, -0.2) is 0 Å². The maximum atomic E-state index is 11.7. The molecule has 3 nitrogen and oxygen atoms in total. The lowest BCUT2D eigenvalue weighted by atomic mass is 9.93. The van der Waals surface area contributed by atoms with Crippen molar-refractivity contribution in [3.05, 3.63) is 41.5 Å². The quantitative estimate of drug-likeness (QED) is 0.0720.